The van der Waals surface area contributed by atoms with Gasteiger partial charge >= 0.3 is 4.71 Å². The zero-order valence-electron chi connectivity index (χ0n) is 14.7. The van der Waals surface area contributed by atoms with Gasteiger partial charge in [-0.1, -0.05) is 0 Å². The van der Waals surface area contributed by atoms with Crippen LogP contribution in [0, 0.1) is 0 Å². The van der Waals surface area contributed by atoms with Crippen LogP contribution in [0.3, 0.4) is 0 Å². The van der Waals surface area contributed by atoms with Crippen molar-refractivity contribution in [2.75, 3.05) is 14.2 Å². The zero-order chi connectivity index (χ0) is 18.8. The van der Waals surface area contributed by atoms with E-state index < -0.39 is 4.71 Å². The molecule has 0 radical (unpaired) electrons. The standard InChI is InChI=1S/C20H16Cl2NO4/c1-24-16-4-3-11-7-15-13-9-18-17(26-20(21,22)27-18)8-12(13)5-6-23(15)10-14(11)19(16)25-2/h3-4,7-10H,5-6H2,1-2H3/q+1. The SMILES string of the molecule is COc1ccc2cc3[n+](cc2c1OC)CCc1cc2c(cc1-3)OC(Cl)(Cl)O2. The lowest BCUT2D eigenvalue weighted by Crippen LogP contribution is -2.40. The number of aromatic nitrogens is 1. The first-order valence-electron chi connectivity index (χ1n) is 8.50. The van der Waals surface area contributed by atoms with Gasteiger partial charge in [0.05, 0.1) is 25.2 Å². The number of methoxy groups -OCH3 is 2. The van der Waals surface area contributed by atoms with Gasteiger partial charge in [0.25, 0.3) is 0 Å². The van der Waals surface area contributed by atoms with Crippen LogP contribution in [0.4, 0.5) is 0 Å². The van der Waals surface area contributed by atoms with E-state index in [1.54, 1.807) is 14.2 Å². The Morgan fingerprint density at radius 3 is 2.56 bits per heavy atom. The molecule has 0 saturated heterocycles. The van der Waals surface area contributed by atoms with E-state index >= 15 is 0 Å². The van der Waals surface area contributed by atoms with Crippen LogP contribution >= 0.6 is 23.2 Å². The van der Waals surface area contributed by atoms with E-state index in [1.807, 2.05) is 24.3 Å². The van der Waals surface area contributed by atoms with Crippen molar-refractivity contribution in [2.24, 2.45) is 0 Å². The molecule has 5 rings (SSSR count). The summed E-state index contributed by atoms with van der Waals surface area (Å²) >= 11 is 11.9. The van der Waals surface area contributed by atoms with Gasteiger partial charge in [0.2, 0.25) is 5.69 Å². The van der Waals surface area contributed by atoms with E-state index in [9.17, 15) is 0 Å². The molecular weight excluding hydrogens is 389 g/mol. The third kappa shape index (κ3) is 2.57. The lowest BCUT2D eigenvalue weighted by Gasteiger charge is -2.17. The van der Waals surface area contributed by atoms with Crippen LogP contribution in [0.5, 0.6) is 23.0 Å². The Labute approximate surface area is 165 Å². The molecule has 0 saturated carbocycles. The normalized spacial score (nSPS) is 16.0. The van der Waals surface area contributed by atoms with Crippen LogP contribution in [-0.4, -0.2) is 18.9 Å². The molecule has 2 aromatic carbocycles. The van der Waals surface area contributed by atoms with Gasteiger partial charge in [-0.25, -0.2) is 0 Å². The Morgan fingerprint density at radius 2 is 1.81 bits per heavy atom. The number of rotatable bonds is 2. The highest BCUT2D eigenvalue weighted by atomic mass is 35.5. The minimum absolute atomic E-state index is 0.541. The molecule has 0 bridgehead atoms. The number of benzene rings is 2. The molecule has 2 aliphatic heterocycles. The summed E-state index contributed by atoms with van der Waals surface area (Å²) in [7, 11) is 3.30. The second kappa shape index (κ2) is 5.81. The van der Waals surface area contributed by atoms with Crippen molar-refractivity contribution in [3.63, 3.8) is 0 Å². The van der Waals surface area contributed by atoms with Crippen molar-refractivity contribution < 1.29 is 23.5 Å². The van der Waals surface area contributed by atoms with E-state index in [0.29, 0.717) is 17.2 Å². The van der Waals surface area contributed by atoms with Gasteiger partial charge in [0, 0.05) is 12.5 Å². The second-order valence-corrected chi connectivity index (χ2v) is 7.72. The molecule has 5 nitrogen and oxygen atoms in total. The van der Waals surface area contributed by atoms with Crippen molar-refractivity contribution in [3.05, 3.63) is 42.1 Å². The molecule has 0 aliphatic carbocycles. The first kappa shape index (κ1) is 16.8. The average Bonchev–Trinajstić information content (AvgIpc) is 2.96. The summed E-state index contributed by atoms with van der Waals surface area (Å²) in [5.74, 6) is 2.56. The molecule has 0 amide bonds. The van der Waals surface area contributed by atoms with Gasteiger partial charge in [0.1, 0.15) is 0 Å². The summed E-state index contributed by atoms with van der Waals surface area (Å²) in [6.45, 7) is 0.838. The minimum atomic E-state index is -1.67. The zero-order valence-corrected chi connectivity index (χ0v) is 16.2. The van der Waals surface area contributed by atoms with Crippen LogP contribution in [0.2, 0.25) is 0 Å². The Hall–Kier alpha value is -2.37. The molecule has 3 aromatic rings. The molecule has 2 aliphatic rings. The number of alkyl halides is 2. The summed E-state index contributed by atoms with van der Waals surface area (Å²) in [6.07, 6.45) is 2.96. The van der Waals surface area contributed by atoms with Crippen molar-refractivity contribution in [2.45, 2.75) is 17.7 Å². The Bertz CT molecular complexity index is 1100. The summed E-state index contributed by atoms with van der Waals surface area (Å²) in [4.78, 5) is 0. The van der Waals surface area contributed by atoms with E-state index in [4.69, 9.17) is 42.1 Å². The van der Waals surface area contributed by atoms with Gasteiger partial charge < -0.3 is 18.9 Å². The molecule has 27 heavy (non-hydrogen) atoms. The van der Waals surface area contributed by atoms with Gasteiger partial charge in [0.15, 0.2) is 35.7 Å². The third-order valence-corrected chi connectivity index (χ3v) is 5.34. The molecule has 138 valence electrons. The van der Waals surface area contributed by atoms with Crippen LogP contribution in [0.25, 0.3) is 22.0 Å². The molecule has 0 unspecified atom stereocenters. The number of fused-ring (bicyclic) bond motifs is 5. The van der Waals surface area contributed by atoms with Crippen LogP contribution in [-0.2, 0) is 13.0 Å². The van der Waals surface area contributed by atoms with Crippen molar-refractivity contribution in [1.82, 2.24) is 0 Å². The van der Waals surface area contributed by atoms with Crippen LogP contribution in [0.1, 0.15) is 5.56 Å². The summed E-state index contributed by atoms with van der Waals surface area (Å²) in [6, 6.07) is 9.98. The topological polar surface area (TPSA) is 40.8 Å². The number of nitrogens with zero attached hydrogens (tertiary/aromatic N) is 1. The van der Waals surface area contributed by atoms with Crippen LogP contribution < -0.4 is 23.5 Å². The van der Waals surface area contributed by atoms with E-state index in [1.165, 1.54) is 5.56 Å². The van der Waals surface area contributed by atoms with E-state index in [2.05, 4.69) is 16.8 Å². The first-order valence-corrected chi connectivity index (χ1v) is 9.26. The smallest absolute Gasteiger partial charge is 0.419 e. The highest BCUT2D eigenvalue weighted by Crippen LogP contribution is 2.47. The molecular formula is C20H16Cl2NO4+. The lowest BCUT2D eigenvalue weighted by molar-refractivity contribution is -0.686. The molecule has 3 heterocycles. The number of pyridine rings is 1. The van der Waals surface area contributed by atoms with Gasteiger partial charge in [-0.15, -0.1) is 0 Å². The molecule has 0 spiro atoms. The number of hydrogen-bond donors (Lipinski definition) is 0. The second-order valence-electron chi connectivity index (χ2n) is 6.53. The predicted molar refractivity (Wildman–Crippen MR) is 102 cm³/mol. The fourth-order valence-corrected chi connectivity index (χ4v) is 4.16. The third-order valence-electron chi connectivity index (χ3n) is 5.03. The number of ether oxygens (including phenoxy) is 4. The lowest BCUT2D eigenvalue weighted by atomic mass is 9.95. The van der Waals surface area contributed by atoms with E-state index in [0.717, 1.165) is 40.7 Å². The van der Waals surface area contributed by atoms with Crippen molar-refractivity contribution in [3.8, 4) is 34.3 Å². The largest absolute Gasteiger partial charge is 0.493 e. The molecule has 1 aromatic heterocycles. The number of aryl methyl sites for hydroxylation is 2. The first-order chi connectivity index (χ1) is 13.0. The maximum absolute atomic E-state index is 5.97. The highest BCUT2D eigenvalue weighted by Gasteiger charge is 2.39. The molecule has 0 N–H and O–H groups in total. The number of halogens is 2. The fraction of sp³-hybridized carbons (Fsp3) is 0.250. The van der Waals surface area contributed by atoms with Gasteiger partial charge in [-0.3, -0.25) is 0 Å². The van der Waals surface area contributed by atoms with Gasteiger partial charge in [-0.05, 0) is 58.4 Å². The Balaban J connectivity index is 1.71. The summed E-state index contributed by atoms with van der Waals surface area (Å²) in [5.41, 5.74) is 3.33. The molecule has 0 fully saturated rings. The van der Waals surface area contributed by atoms with Gasteiger partial charge in [-0.2, -0.15) is 4.57 Å². The predicted octanol–water partition coefficient (Wildman–Crippen LogP) is 4.23. The monoisotopic (exact) mass is 404 g/mol. The summed E-state index contributed by atoms with van der Waals surface area (Å²) < 4.78 is 22.5. The maximum atomic E-state index is 5.97. The Morgan fingerprint density at radius 1 is 1.04 bits per heavy atom. The molecule has 7 heteroatoms. The fourth-order valence-electron chi connectivity index (χ4n) is 3.82. The highest BCUT2D eigenvalue weighted by molar-refractivity contribution is 6.46. The average molecular weight is 405 g/mol. The molecule has 0 atom stereocenters. The summed E-state index contributed by atoms with van der Waals surface area (Å²) in [5, 5.41) is 2.07. The quantitative estimate of drug-likeness (QED) is 0.473. The van der Waals surface area contributed by atoms with E-state index in [-0.39, 0.29) is 0 Å². The van der Waals surface area contributed by atoms with Crippen molar-refractivity contribution in [1.29, 1.82) is 0 Å². The van der Waals surface area contributed by atoms with Crippen LogP contribution in [0.15, 0.2) is 36.5 Å². The Kier molecular flexibility index (Phi) is 3.61. The number of hydrogen-bond acceptors (Lipinski definition) is 4. The maximum Gasteiger partial charge on any atom is 0.419 e. The van der Waals surface area contributed by atoms with Crippen molar-refractivity contribution >= 4 is 34.0 Å². The minimum Gasteiger partial charge on any atom is -0.493 e.